The fourth-order valence-corrected chi connectivity index (χ4v) is 1.84. The second-order valence-electron chi connectivity index (χ2n) is 4.35. The second kappa shape index (κ2) is 2.72. The molecule has 74 valence electrons. The lowest BCUT2D eigenvalue weighted by Gasteiger charge is -2.10. The van der Waals surface area contributed by atoms with Crippen molar-refractivity contribution in [1.29, 1.82) is 0 Å². The van der Waals surface area contributed by atoms with E-state index >= 15 is 0 Å². The minimum atomic E-state index is -0.870. The summed E-state index contributed by atoms with van der Waals surface area (Å²) < 4.78 is 0. The van der Waals surface area contributed by atoms with Crippen LogP contribution in [0.1, 0.15) is 13.8 Å². The molecule has 1 amide bonds. The van der Waals surface area contributed by atoms with Crippen LogP contribution in [0.5, 0.6) is 0 Å². The quantitative estimate of drug-likeness (QED) is 0.678. The van der Waals surface area contributed by atoms with Gasteiger partial charge in [0.2, 0.25) is 5.91 Å². The minimum Gasteiger partial charge on any atom is -0.481 e. The van der Waals surface area contributed by atoms with E-state index in [4.69, 9.17) is 5.11 Å². The summed E-state index contributed by atoms with van der Waals surface area (Å²) in [7, 11) is 3.30. The molecule has 13 heavy (non-hydrogen) atoms. The third kappa shape index (κ3) is 1.41. The van der Waals surface area contributed by atoms with E-state index in [1.807, 2.05) is 13.8 Å². The van der Waals surface area contributed by atoms with Crippen molar-refractivity contribution in [3.05, 3.63) is 0 Å². The van der Waals surface area contributed by atoms with Gasteiger partial charge < -0.3 is 10.0 Å². The molecule has 0 aromatic heterocycles. The SMILES string of the molecule is CN(C)C(=O)[C@@H]1[C@H](C(=O)O)C1(C)C. The molecule has 4 nitrogen and oxygen atoms in total. The predicted octanol–water partition coefficient (Wildman–Crippen LogP) is 0.431. The van der Waals surface area contributed by atoms with Gasteiger partial charge in [0, 0.05) is 14.1 Å². The van der Waals surface area contributed by atoms with Gasteiger partial charge in [-0.25, -0.2) is 0 Å². The van der Waals surface area contributed by atoms with E-state index in [9.17, 15) is 9.59 Å². The number of carbonyl (C=O) groups excluding carboxylic acids is 1. The van der Waals surface area contributed by atoms with Crippen LogP contribution in [0.4, 0.5) is 0 Å². The fraction of sp³-hybridized carbons (Fsp3) is 0.778. The van der Waals surface area contributed by atoms with E-state index < -0.39 is 11.9 Å². The van der Waals surface area contributed by atoms with Gasteiger partial charge in [0.05, 0.1) is 11.8 Å². The zero-order valence-corrected chi connectivity index (χ0v) is 8.37. The Balaban J connectivity index is 2.76. The van der Waals surface area contributed by atoms with Crippen molar-refractivity contribution < 1.29 is 14.7 Å². The molecule has 2 atom stereocenters. The molecule has 1 fully saturated rings. The van der Waals surface area contributed by atoms with Crippen LogP contribution >= 0.6 is 0 Å². The first-order chi connectivity index (χ1) is 5.80. The van der Waals surface area contributed by atoms with Crippen molar-refractivity contribution in [2.24, 2.45) is 17.3 Å². The smallest absolute Gasteiger partial charge is 0.307 e. The number of aliphatic carboxylic acids is 1. The molecule has 0 unspecified atom stereocenters. The molecule has 0 bridgehead atoms. The Morgan fingerprint density at radius 3 is 1.92 bits per heavy atom. The Kier molecular flexibility index (Phi) is 2.10. The van der Waals surface area contributed by atoms with E-state index in [1.165, 1.54) is 4.90 Å². The maximum atomic E-state index is 11.5. The normalized spacial score (nSPS) is 29.5. The average Bonchev–Trinajstić information content (AvgIpc) is 2.51. The van der Waals surface area contributed by atoms with E-state index in [-0.39, 0.29) is 17.2 Å². The topological polar surface area (TPSA) is 57.6 Å². The summed E-state index contributed by atoms with van der Waals surface area (Å²) in [5.41, 5.74) is -0.382. The molecule has 1 aliphatic rings. The number of amides is 1. The molecule has 1 aliphatic carbocycles. The summed E-state index contributed by atoms with van der Waals surface area (Å²) in [6.07, 6.45) is 0. The number of carbonyl (C=O) groups is 2. The summed E-state index contributed by atoms with van der Waals surface area (Å²) >= 11 is 0. The first-order valence-electron chi connectivity index (χ1n) is 4.24. The van der Waals surface area contributed by atoms with Crippen LogP contribution in [0.25, 0.3) is 0 Å². The van der Waals surface area contributed by atoms with E-state index in [2.05, 4.69) is 0 Å². The van der Waals surface area contributed by atoms with Gasteiger partial charge in [-0.05, 0) is 5.41 Å². The van der Waals surface area contributed by atoms with Crippen molar-refractivity contribution in [1.82, 2.24) is 4.90 Å². The molecule has 0 aromatic carbocycles. The van der Waals surface area contributed by atoms with Crippen LogP contribution in [-0.4, -0.2) is 36.0 Å². The Morgan fingerprint density at radius 1 is 1.23 bits per heavy atom. The van der Waals surface area contributed by atoms with Crippen LogP contribution in [0.3, 0.4) is 0 Å². The molecule has 1 rings (SSSR count). The second-order valence-corrected chi connectivity index (χ2v) is 4.35. The van der Waals surface area contributed by atoms with Gasteiger partial charge in [-0.15, -0.1) is 0 Å². The maximum absolute atomic E-state index is 11.5. The van der Waals surface area contributed by atoms with E-state index in [0.29, 0.717) is 0 Å². The molecule has 0 saturated heterocycles. The number of nitrogens with zero attached hydrogens (tertiary/aromatic N) is 1. The first kappa shape index (κ1) is 10.0. The summed E-state index contributed by atoms with van der Waals surface area (Å²) in [6, 6.07) is 0. The number of hydrogen-bond donors (Lipinski definition) is 1. The van der Waals surface area contributed by atoms with Crippen LogP contribution in [0.2, 0.25) is 0 Å². The summed E-state index contributed by atoms with van der Waals surface area (Å²) in [5, 5.41) is 8.82. The highest BCUT2D eigenvalue weighted by atomic mass is 16.4. The molecule has 0 heterocycles. The lowest BCUT2D eigenvalue weighted by Crippen LogP contribution is -2.25. The van der Waals surface area contributed by atoms with Crippen molar-refractivity contribution >= 4 is 11.9 Å². The van der Waals surface area contributed by atoms with Crippen LogP contribution in [0, 0.1) is 17.3 Å². The number of carboxylic acids is 1. The molecule has 4 heteroatoms. The molecular formula is C9H15NO3. The largest absolute Gasteiger partial charge is 0.481 e. The van der Waals surface area contributed by atoms with Gasteiger partial charge in [0.15, 0.2) is 0 Å². The minimum absolute atomic E-state index is 0.0857. The van der Waals surface area contributed by atoms with Crippen molar-refractivity contribution in [3.63, 3.8) is 0 Å². The summed E-state index contributed by atoms with van der Waals surface area (Å²) in [4.78, 5) is 23.7. The van der Waals surface area contributed by atoms with Crippen molar-refractivity contribution in [2.75, 3.05) is 14.1 Å². The third-order valence-electron chi connectivity index (χ3n) is 2.80. The van der Waals surface area contributed by atoms with Crippen LogP contribution < -0.4 is 0 Å². The van der Waals surface area contributed by atoms with Gasteiger partial charge in [-0.3, -0.25) is 9.59 Å². The fourth-order valence-electron chi connectivity index (χ4n) is 1.84. The van der Waals surface area contributed by atoms with Crippen LogP contribution in [-0.2, 0) is 9.59 Å². The highest BCUT2D eigenvalue weighted by molar-refractivity contribution is 5.91. The zero-order valence-electron chi connectivity index (χ0n) is 8.37. The molecular weight excluding hydrogens is 170 g/mol. The Labute approximate surface area is 77.5 Å². The van der Waals surface area contributed by atoms with Crippen molar-refractivity contribution in [3.8, 4) is 0 Å². The maximum Gasteiger partial charge on any atom is 0.307 e. The van der Waals surface area contributed by atoms with Crippen LogP contribution in [0.15, 0.2) is 0 Å². The standard InChI is InChI=1S/C9H15NO3/c1-9(2)5(6(9)8(12)13)7(11)10(3)4/h5-6H,1-4H3,(H,12,13)/t5-,6+/m0/s1. The predicted molar refractivity (Wildman–Crippen MR) is 47.1 cm³/mol. The van der Waals surface area contributed by atoms with Gasteiger partial charge in [0.1, 0.15) is 0 Å². The first-order valence-corrected chi connectivity index (χ1v) is 4.24. The van der Waals surface area contributed by atoms with Gasteiger partial charge >= 0.3 is 5.97 Å². The molecule has 0 spiro atoms. The number of rotatable bonds is 2. The summed E-state index contributed by atoms with van der Waals surface area (Å²) in [6.45, 7) is 3.63. The molecule has 0 aromatic rings. The van der Waals surface area contributed by atoms with E-state index in [0.717, 1.165) is 0 Å². The monoisotopic (exact) mass is 185 g/mol. The third-order valence-corrected chi connectivity index (χ3v) is 2.80. The number of hydrogen-bond acceptors (Lipinski definition) is 2. The molecule has 1 saturated carbocycles. The highest BCUT2D eigenvalue weighted by Gasteiger charge is 2.66. The molecule has 1 N–H and O–H groups in total. The van der Waals surface area contributed by atoms with Gasteiger partial charge in [-0.1, -0.05) is 13.8 Å². The van der Waals surface area contributed by atoms with Gasteiger partial charge in [-0.2, -0.15) is 0 Å². The molecule has 0 radical (unpaired) electrons. The van der Waals surface area contributed by atoms with Crippen molar-refractivity contribution in [2.45, 2.75) is 13.8 Å². The lowest BCUT2D eigenvalue weighted by molar-refractivity contribution is -0.141. The lowest BCUT2D eigenvalue weighted by atomic mass is 10.1. The number of carboxylic acid groups (broad SMARTS) is 1. The highest BCUT2D eigenvalue weighted by Crippen LogP contribution is 2.58. The zero-order chi connectivity index (χ0) is 10.4. The average molecular weight is 185 g/mol. The Bertz CT molecular complexity index is 258. The van der Waals surface area contributed by atoms with E-state index in [1.54, 1.807) is 14.1 Å². The molecule has 0 aliphatic heterocycles. The summed E-state index contributed by atoms with van der Waals surface area (Å²) in [5.74, 6) is -1.81. The Hall–Kier alpha value is -1.06. The Morgan fingerprint density at radius 2 is 1.69 bits per heavy atom. The van der Waals surface area contributed by atoms with Gasteiger partial charge in [0.25, 0.3) is 0 Å².